The van der Waals surface area contributed by atoms with Crippen molar-refractivity contribution < 1.29 is 4.79 Å². The van der Waals surface area contributed by atoms with E-state index in [-0.39, 0.29) is 5.91 Å². The summed E-state index contributed by atoms with van der Waals surface area (Å²) in [7, 11) is 0. The fraction of sp³-hybridized carbons (Fsp3) is 0.300. The van der Waals surface area contributed by atoms with Crippen LogP contribution in [0.3, 0.4) is 0 Å². The number of halogens is 1. The number of carbonyl (C=O) groups is 1. The van der Waals surface area contributed by atoms with Gasteiger partial charge in [-0.1, -0.05) is 29.8 Å². The van der Waals surface area contributed by atoms with Gasteiger partial charge in [-0.05, 0) is 49.8 Å². The Morgan fingerprint density at radius 2 is 2.08 bits per heavy atom. The molecule has 0 fully saturated rings. The number of carbonyl (C=O) groups excluding carboxylic acids is 1. The molecule has 6 heteroatoms. The molecule has 3 aromatic rings. The van der Waals surface area contributed by atoms with Crippen LogP contribution in [0.1, 0.15) is 49.8 Å². The predicted molar refractivity (Wildman–Crippen MR) is 110 cm³/mol. The number of nitrogens with one attached hydrogen (secondary N) is 1. The van der Waals surface area contributed by atoms with E-state index < -0.39 is 0 Å². The third-order valence-electron chi connectivity index (χ3n) is 4.73. The molecule has 0 atom stereocenters. The van der Waals surface area contributed by atoms with E-state index >= 15 is 0 Å². The second-order valence-corrected chi connectivity index (χ2v) is 8.96. The molecular formula is C20H19ClN2OS2. The highest BCUT2D eigenvalue weighted by Crippen LogP contribution is 2.32. The van der Waals surface area contributed by atoms with Crippen molar-refractivity contribution in [2.45, 2.75) is 39.0 Å². The Morgan fingerprint density at radius 3 is 2.92 bits per heavy atom. The van der Waals surface area contributed by atoms with Crippen LogP contribution in [0, 0.1) is 6.92 Å². The lowest BCUT2D eigenvalue weighted by Gasteiger charge is -2.12. The standard InChI is InChI=1S/C20H19ClN2OS2/c1-12-18(10-13-6-2-4-8-16(13)21)26-20(22-12)23-19(24)15-11-25-17-9-5-3-7-14(15)17/h2,4,6,8,11H,3,5,7,9-10H2,1H3,(H,22,23,24). The number of aromatic nitrogens is 1. The summed E-state index contributed by atoms with van der Waals surface area (Å²) in [6.07, 6.45) is 5.24. The number of thiophene rings is 1. The quantitative estimate of drug-likeness (QED) is 0.591. The van der Waals surface area contributed by atoms with Crippen molar-refractivity contribution in [2.24, 2.45) is 0 Å². The fourth-order valence-corrected chi connectivity index (χ4v) is 5.62. The average Bonchev–Trinajstić information content (AvgIpc) is 3.20. The van der Waals surface area contributed by atoms with Gasteiger partial charge in [0.05, 0.1) is 11.3 Å². The summed E-state index contributed by atoms with van der Waals surface area (Å²) in [6.45, 7) is 1.98. The fourth-order valence-electron chi connectivity index (χ4n) is 3.31. The normalized spacial score (nSPS) is 13.5. The van der Waals surface area contributed by atoms with E-state index in [0.29, 0.717) is 5.13 Å². The van der Waals surface area contributed by atoms with Crippen molar-refractivity contribution in [3.05, 3.63) is 66.8 Å². The lowest BCUT2D eigenvalue weighted by atomic mass is 9.96. The molecule has 0 radical (unpaired) electrons. The molecule has 4 rings (SSSR count). The molecule has 0 bridgehead atoms. The monoisotopic (exact) mass is 402 g/mol. The Balaban J connectivity index is 1.52. The third kappa shape index (κ3) is 3.56. The Hall–Kier alpha value is -1.69. The molecule has 3 nitrogen and oxygen atoms in total. The number of fused-ring (bicyclic) bond motifs is 1. The van der Waals surface area contributed by atoms with Gasteiger partial charge >= 0.3 is 0 Å². The van der Waals surface area contributed by atoms with Crippen LogP contribution in [0.5, 0.6) is 0 Å². The minimum absolute atomic E-state index is 0.0394. The van der Waals surface area contributed by atoms with E-state index in [4.69, 9.17) is 11.6 Å². The predicted octanol–water partition coefficient (Wildman–Crippen LogP) is 5.89. The highest BCUT2D eigenvalue weighted by atomic mass is 35.5. The summed E-state index contributed by atoms with van der Waals surface area (Å²) in [5.41, 5.74) is 4.08. The molecule has 0 unspecified atom stereocenters. The van der Waals surface area contributed by atoms with Crippen LogP contribution in [-0.2, 0) is 19.3 Å². The Labute approximate surface area is 166 Å². The second-order valence-electron chi connectivity index (χ2n) is 6.51. The van der Waals surface area contributed by atoms with Crippen LogP contribution in [0.2, 0.25) is 5.02 Å². The van der Waals surface area contributed by atoms with E-state index in [1.165, 1.54) is 34.6 Å². The number of thiazole rings is 1. The molecule has 0 saturated carbocycles. The summed E-state index contributed by atoms with van der Waals surface area (Å²) >= 11 is 9.51. The number of hydrogen-bond donors (Lipinski definition) is 1. The van der Waals surface area contributed by atoms with Crippen molar-refractivity contribution in [3.63, 3.8) is 0 Å². The first-order valence-electron chi connectivity index (χ1n) is 8.72. The lowest BCUT2D eigenvalue weighted by Crippen LogP contribution is -2.14. The van der Waals surface area contributed by atoms with E-state index in [9.17, 15) is 4.79 Å². The molecule has 1 aromatic carbocycles. The molecule has 0 spiro atoms. The Kier molecular flexibility index (Phi) is 5.11. The maximum absolute atomic E-state index is 12.7. The zero-order valence-corrected chi connectivity index (χ0v) is 16.9. The number of hydrogen-bond acceptors (Lipinski definition) is 4. The van der Waals surface area contributed by atoms with Gasteiger partial charge in [0.25, 0.3) is 5.91 Å². The van der Waals surface area contributed by atoms with Crippen molar-refractivity contribution in [1.82, 2.24) is 4.98 Å². The van der Waals surface area contributed by atoms with Gasteiger partial charge < -0.3 is 0 Å². The Bertz CT molecular complexity index is 961. The van der Waals surface area contributed by atoms with Crippen LogP contribution in [0.4, 0.5) is 5.13 Å². The first kappa shape index (κ1) is 17.7. The van der Waals surface area contributed by atoms with Gasteiger partial charge in [0, 0.05) is 26.6 Å². The van der Waals surface area contributed by atoms with E-state index in [0.717, 1.165) is 46.0 Å². The first-order valence-corrected chi connectivity index (χ1v) is 10.8. The van der Waals surface area contributed by atoms with Crippen LogP contribution in [0.15, 0.2) is 29.6 Å². The zero-order valence-electron chi connectivity index (χ0n) is 14.5. The first-order chi connectivity index (χ1) is 12.6. The van der Waals surface area contributed by atoms with Crippen LogP contribution >= 0.6 is 34.3 Å². The number of aryl methyl sites for hydroxylation is 2. The van der Waals surface area contributed by atoms with Gasteiger partial charge in [0.2, 0.25) is 0 Å². The minimum Gasteiger partial charge on any atom is -0.298 e. The number of amides is 1. The highest BCUT2D eigenvalue weighted by Gasteiger charge is 2.21. The van der Waals surface area contributed by atoms with Gasteiger partial charge in [-0.25, -0.2) is 4.98 Å². The smallest absolute Gasteiger partial charge is 0.258 e. The molecule has 0 saturated heterocycles. The molecule has 1 aliphatic rings. The Morgan fingerprint density at radius 1 is 1.27 bits per heavy atom. The highest BCUT2D eigenvalue weighted by molar-refractivity contribution is 7.16. The maximum atomic E-state index is 12.7. The largest absolute Gasteiger partial charge is 0.298 e. The van der Waals surface area contributed by atoms with Gasteiger partial charge in [-0.2, -0.15) is 0 Å². The number of anilines is 1. The summed E-state index contributed by atoms with van der Waals surface area (Å²) in [5, 5.41) is 6.41. The van der Waals surface area contributed by atoms with Gasteiger partial charge in [-0.3, -0.25) is 10.1 Å². The zero-order chi connectivity index (χ0) is 18.1. The number of nitrogens with zero attached hydrogens (tertiary/aromatic N) is 1. The molecular weight excluding hydrogens is 384 g/mol. The van der Waals surface area contributed by atoms with Crippen LogP contribution < -0.4 is 5.32 Å². The van der Waals surface area contributed by atoms with Crippen molar-refractivity contribution in [1.29, 1.82) is 0 Å². The van der Waals surface area contributed by atoms with Gasteiger partial charge in [0.15, 0.2) is 5.13 Å². The summed E-state index contributed by atoms with van der Waals surface area (Å²) < 4.78 is 0. The van der Waals surface area contributed by atoms with E-state index in [1.54, 1.807) is 11.3 Å². The maximum Gasteiger partial charge on any atom is 0.258 e. The SMILES string of the molecule is Cc1nc(NC(=O)c2csc3c2CCCC3)sc1Cc1ccccc1Cl. The number of benzene rings is 1. The molecule has 0 aliphatic heterocycles. The van der Waals surface area contributed by atoms with E-state index in [1.807, 2.05) is 36.6 Å². The molecule has 26 heavy (non-hydrogen) atoms. The number of rotatable bonds is 4. The van der Waals surface area contributed by atoms with Crippen molar-refractivity contribution in [2.75, 3.05) is 5.32 Å². The molecule has 1 aliphatic carbocycles. The minimum atomic E-state index is -0.0394. The van der Waals surface area contributed by atoms with Crippen LogP contribution in [-0.4, -0.2) is 10.9 Å². The van der Waals surface area contributed by atoms with Crippen molar-refractivity contribution >= 4 is 45.3 Å². The molecule has 134 valence electrons. The lowest BCUT2D eigenvalue weighted by molar-refractivity contribution is 0.102. The average molecular weight is 403 g/mol. The molecule has 1 amide bonds. The second kappa shape index (κ2) is 7.51. The molecule has 2 aromatic heterocycles. The van der Waals surface area contributed by atoms with Gasteiger partial charge in [-0.15, -0.1) is 22.7 Å². The third-order valence-corrected chi connectivity index (χ3v) is 7.26. The molecule has 2 heterocycles. The molecule has 1 N–H and O–H groups in total. The summed E-state index contributed by atoms with van der Waals surface area (Å²) in [6, 6.07) is 7.84. The van der Waals surface area contributed by atoms with Crippen LogP contribution in [0.25, 0.3) is 0 Å². The van der Waals surface area contributed by atoms with E-state index in [2.05, 4.69) is 10.3 Å². The topological polar surface area (TPSA) is 42.0 Å². The summed E-state index contributed by atoms with van der Waals surface area (Å²) in [4.78, 5) is 19.8. The summed E-state index contributed by atoms with van der Waals surface area (Å²) in [5.74, 6) is -0.0394. The van der Waals surface area contributed by atoms with Gasteiger partial charge in [0.1, 0.15) is 0 Å². The van der Waals surface area contributed by atoms with Crippen molar-refractivity contribution in [3.8, 4) is 0 Å².